The van der Waals surface area contributed by atoms with Crippen molar-refractivity contribution in [2.24, 2.45) is 0 Å². The summed E-state index contributed by atoms with van der Waals surface area (Å²) in [5, 5.41) is 2.67. The molecule has 0 aliphatic carbocycles. The van der Waals surface area contributed by atoms with Gasteiger partial charge in [0.2, 0.25) is 5.95 Å². The molecular formula is C30H28N6O5S. The second kappa shape index (κ2) is 11.8. The highest BCUT2D eigenvalue weighted by atomic mass is 32.2. The van der Waals surface area contributed by atoms with Gasteiger partial charge in [0, 0.05) is 23.1 Å². The third-order valence-electron chi connectivity index (χ3n) is 6.41. The molecule has 0 saturated carbocycles. The van der Waals surface area contributed by atoms with Gasteiger partial charge in [-0.25, -0.2) is 32.9 Å². The Kier molecular flexibility index (Phi) is 7.98. The van der Waals surface area contributed by atoms with Crippen LogP contribution in [0.1, 0.15) is 35.0 Å². The number of anilines is 2. The van der Waals surface area contributed by atoms with Gasteiger partial charge < -0.3 is 15.0 Å². The molecule has 42 heavy (non-hydrogen) atoms. The summed E-state index contributed by atoms with van der Waals surface area (Å²) in [5.74, 6) is -0.564. The van der Waals surface area contributed by atoms with Crippen molar-refractivity contribution in [2.45, 2.75) is 38.2 Å². The Hall–Kier alpha value is -5.10. The van der Waals surface area contributed by atoms with Crippen molar-refractivity contribution in [1.82, 2.24) is 19.9 Å². The molecule has 5 rings (SSSR count). The number of carbonyl (C=O) groups excluding carboxylic acids is 2. The molecular weight excluding hydrogens is 556 g/mol. The van der Waals surface area contributed by atoms with Crippen LogP contribution in [0.3, 0.4) is 0 Å². The normalized spacial score (nSPS) is 12.1. The second-order valence-electron chi connectivity index (χ2n) is 9.63. The number of sulfonamides is 1. The molecule has 0 spiro atoms. The first-order chi connectivity index (χ1) is 20.1. The molecule has 214 valence electrons. The molecule has 3 N–H and O–H groups in total. The Morgan fingerprint density at radius 3 is 2.38 bits per heavy atom. The van der Waals surface area contributed by atoms with E-state index in [1.807, 2.05) is 31.2 Å². The Morgan fingerprint density at radius 1 is 0.952 bits per heavy atom. The van der Waals surface area contributed by atoms with Gasteiger partial charge in [0.15, 0.2) is 6.10 Å². The number of aromatic nitrogens is 4. The van der Waals surface area contributed by atoms with Gasteiger partial charge in [-0.2, -0.15) is 0 Å². The van der Waals surface area contributed by atoms with E-state index >= 15 is 0 Å². The molecule has 0 fully saturated rings. The molecule has 5 aromatic rings. The number of carbonyl (C=O) groups is 2. The van der Waals surface area contributed by atoms with Crippen molar-refractivity contribution in [3.8, 4) is 11.4 Å². The minimum atomic E-state index is -3.94. The number of imidazole rings is 1. The fraction of sp³-hybridized carbons (Fsp3) is 0.167. The van der Waals surface area contributed by atoms with Crippen molar-refractivity contribution in [1.29, 1.82) is 0 Å². The van der Waals surface area contributed by atoms with Crippen molar-refractivity contribution < 1.29 is 22.7 Å². The summed E-state index contributed by atoms with van der Waals surface area (Å²) in [6.45, 7) is 5.45. The van der Waals surface area contributed by atoms with Gasteiger partial charge in [-0.15, -0.1) is 0 Å². The van der Waals surface area contributed by atoms with E-state index in [9.17, 15) is 18.0 Å². The van der Waals surface area contributed by atoms with E-state index in [2.05, 4.69) is 30.0 Å². The third kappa shape index (κ3) is 6.44. The number of nitrogens with zero attached hydrogens (tertiary/aromatic N) is 3. The lowest BCUT2D eigenvalue weighted by Gasteiger charge is -2.16. The molecule has 0 saturated heterocycles. The number of H-pyrrole nitrogens is 1. The molecule has 1 atom stereocenters. The largest absolute Gasteiger partial charge is 0.449 e. The molecule has 0 aliphatic heterocycles. The molecule has 12 heteroatoms. The van der Waals surface area contributed by atoms with Gasteiger partial charge in [0.25, 0.3) is 15.9 Å². The van der Waals surface area contributed by atoms with Gasteiger partial charge in [0.05, 0.1) is 21.5 Å². The smallest absolute Gasteiger partial charge is 0.338 e. The van der Waals surface area contributed by atoms with Crippen LogP contribution in [0.25, 0.3) is 22.4 Å². The number of hydrogen-bond donors (Lipinski definition) is 3. The maximum absolute atomic E-state index is 12.9. The van der Waals surface area contributed by atoms with Gasteiger partial charge in [-0.1, -0.05) is 36.8 Å². The number of ether oxygens (including phenoxy) is 1. The van der Waals surface area contributed by atoms with E-state index < -0.39 is 28.0 Å². The molecule has 0 bridgehead atoms. The Bertz CT molecular complexity index is 1870. The first-order valence-corrected chi connectivity index (χ1v) is 14.6. The number of hydrogen-bond acceptors (Lipinski definition) is 8. The number of amides is 1. The Labute approximate surface area is 242 Å². The van der Waals surface area contributed by atoms with Crippen LogP contribution < -0.4 is 10.0 Å². The predicted octanol–water partition coefficient (Wildman–Crippen LogP) is 5.01. The average Bonchev–Trinajstić information content (AvgIpc) is 3.39. The van der Waals surface area contributed by atoms with Crippen LogP contribution in [-0.4, -0.2) is 46.3 Å². The average molecular weight is 585 g/mol. The van der Waals surface area contributed by atoms with Crippen LogP contribution in [0.15, 0.2) is 83.9 Å². The van der Waals surface area contributed by atoms with Crippen LogP contribution in [0.5, 0.6) is 0 Å². The number of esters is 1. The number of nitrogens with one attached hydrogen (secondary N) is 3. The lowest BCUT2D eigenvalue weighted by atomic mass is 10.1. The minimum Gasteiger partial charge on any atom is -0.449 e. The third-order valence-corrected chi connectivity index (χ3v) is 7.75. The monoisotopic (exact) mass is 584 g/mol. The molecule has 1 unspecified atom stereocenters. The lowest BCUT2D eigenvalue weighted by molar-refractivity contribution is -0.124. The molecule has 1 amide bonds. The summed E-state index contributed by atoms with van der Waals surface area (Å²) in [5.41, 5.74) is 4.64. The SMILES string of the molecule is CCC(OC(=O)c1ccc2nc(-c3ccc(C)cc3)[nH]c2c1)C(=O)Nc1ccc(S(=O)(=O)Nc2nccc(C)n2)cc1. The number of aromatic amines is 1. The van der Waals surface area contributed by atoms with Crippen molar-refractivity contribution >= 4 is 44.6 Å². The van der Waals surface area contributed by atoms with Gasteiger partial charge in [-0.05, 0) is 68.8 Å². The van der Waals surface area contributed by atoms with Crippen LogP contribution in [-0.2, 0) is 19.6 Å². The summed E-state index contributed by atoms with van der Waals surface area (Å²) >= 11 is 0. The molecule has 2 heterocycles. The highest BCUT2D eigenvalue weighted by Crippen LogP contribution is 2.23. The summed E-state index contributed by atoms with van der Waals surface area (Å²) < 4.78 is 33.2. The topological polar surface area (TPSA) is 156 Å². The predicted molar refractivity (Wildman–Crippen MR) is 158 cm³/mol. The van der Waals surface area contributed by atoms with E-state index in [1.54, 1.807) is 38.1 Å². The fourth-order valence-corrected chi connectivity index (χ4v) is 5.07. The molecule has 2 aromatic heterocycles. The molecule has 0 radical (unpaired) electrons. The number of rotatable bonds is 9. The van der Waals surface area contributed by atoms with Crippen molar-refractivity contribution in [3.63, 3.8) is 0 Å². The summed E-state index contributed by atoms with van der Waals surface area (Å²) in [4.78, 5) is 41.6. The molecule has 11 nitrogen and oxygen atoms in total. The van der Waals surface area contributed by atoms with Crippen LogP contribution >= 0.6 is 0 Å². The van der Waals surface area contributed by atoms with E-state index in [0.717, 1.165) is 11.1 Å². The zero-order valence-corrected chi connectivity index (χ0v) is 23.9. The van der Waals surface area contributed by atoms with Gasteiger partial charge in [-0.3, -0.25) is 4.79 Å². The quantitative estimate of drug-likeness (QED) is 0.204. The lowest BCUT2D eigenvalue weighted by Crippen LogP contribution is -2.32. The highest BCUT2D eigenvalue weighted by molar-refractivity contribution is 7.92. The van der Waals surface area contributed by atoms with Crippen molar-refractivity contribution in [2.75, 3.05) is 10.0 Å². The van der Waals surface area contributed by atoms with E-state index in [-0.39, 0.29) is 22.8 Å². The van der Waals surface area contributed by atoms with E-state index in [1.165, 1.54) is 30.5 Å². The first kappa shape index (κ1) is 28.4. The standard InChI is InChI=1S/C30H28N6O5S/c1-4-26(28(37)33-22-10-12-23(13-11-22)42(39,40)36-30-31-16-15-19(3)32-30)41-29(38)21-9-14-24-25(17-21)35-27(34-24)20-7-5-18(2)6-8-20/h5-17,26H,4H2,1-3H3,(H,33,37)(H,34,35)(H,31,32,36). The van der Waals surface area contributed by atoms with Crippen LogP contribution in [0.4, 0.5) is 11.6 Å². The van der Waals surface area contributed by atoms with Crippen LogP contribution in [0.2, 0.25) is 0 Å². The van der Waals surface area contributed by atoms with E-state index in [0.29, 0.717) is 28.2 Å². The van der Waals surface area contributed by atoms with Gasteiger partial charge in [0.1, 0.15) is 5.82 Å². The van der Waals surface area contributed by atoms with Crippen molar-refractivity contribution in [3.05, 3.63) is 95.8 Å². The second-order valence-corrected chi connectivity index (χ2v) is 11.3. The number of fused-ring (bicyclic) bond motifs is 1. The minimum absolute atomic E-state index is 0.0381. The first-order valence-electron chi connectivity index (χ1n) is 13.1. The zero-order chi connectivity index (χ0) is 29.9. The van der Waals surface area contributed by atoms with E-state index in [4.69, 9.17) is 4.74 Å². The summed E-state index contributed by atoms with van der Waals surface area (Å²) in [6.07, 6.45) is 0.615. The number of benzene rings is 3. The molecule has 0 aliphatic rings. The molecule has 3 aromatic carbocycles. The van der Waals surface area contributed by atoms with Crippen LogP contribution in [0, 0.1) is 13.8 Å². The summed E-state index contributed by atoms with van der Waals surface area (Å²) in [6, 6.07) is 20.1. The highest BCUT2D eigenvalue weighted by Gasteiger charge is 2.23. The van der Waals surface area contributed by atoms with Gasteiger partial charge >= 0.3 is 5.97 Å². The maximum atomic E-state index is 12.9. The number of aryl methyl sites for hydroxylation is 2. The summed E-state index contributed by atoms with van der Waals surface area (Å²) in [7, 11) is -3.94. The Morgan fingerprint density at radius 2 is 1.69 bits per heavy atom. The maximum Gasteiger partial charge on any atom is 0.338 e. The fourth-order valence-electron chi connectivity index (χ4n) is 4.12. The zero-order valence-electron chi connectivity index (χ0n) is 23.1. The Balaban J connectivity index is 1.23.